The Morgan fingerprint density at radius 2 is 1.87 bits per heavy atom. The Labute approximate surface area is 137 Å². The summed E-state index contributed by atoms with van der Waals surface area (Å²) in [7, 11) is -3.51. The second kappa shape index (κ2) is 5.23. The van der Waals surface area contributed by atoms with Crippen LogP contribution in [0.1, 0.15) is 40.0 Å². The molecule has 1 aliphatic heterocycles. The summed E-state index contributed by atoms with van der Waals surface area (Å²) >= 11 is 0. The molecule has 0 amide bonds. The summed E-state index contributed by atoms with van der Waals surface area (Å²) < 4.78 is 27.7. The second-order valence-electron chi connectivity index (χ2n) is 7.95. The Bertz CT molecular complexity index is 766. The van der Waals surface area contributed by atoms with Crippen LogP contribution in [0.5, 0.6) is 0 Å². The molecule has 0 aromatic heterocycles. The molecule has 6 nitrogen and oxygen atoms in total. The molecule has 1 heterocycles. The van der Waals surface area contributed by atoms with Crippen molar-refractivity contribution in [2.75, 3.05) is 6.54 Å². The molecule has 1 saturated heterocycles. The van der Waals surface area contributed by atoms with Crippen molar-refractivity contribution in [1.82, 2.24) is 4.31 Å². The maximum Gasteiger partial charge on any atom is 0.243 e. The number of hydrogen-bond donors (Lipinski definition) is 0. The molecule has 7 heteroatoms. The number of benzene rings is 1. The summed E-state index contributed by atoms with van der Waals surface area (Å²) in [5.74, 6) is 0. The van der Waals surface area contributed by atoms with Gasteiger partial charge >= 0.3 is 0 Å². The van der Waals surface area contributed by atoms with Crippen LogP contribution in [0.4, 0.5) is 5.69 Å². The van der Waals surface area contributed by atoms with Gasteiger partial charge in [0.2, 0.25) is 10.0 Å². The van der Waals surface area contributed by atoms with Gasteiger partial charge in [0.15, 0.2) is 0 Å². The molecule has 3 rings (SSSR count). The van der Waals surface area contributed by atoms with Gasteiger partial charge in [-0.3, -0.25) is 0 Å². The van der Waals surface area contributed by atoms with Crippen molar-refractivity contribution in [2.24, 2.45) is 15.9 Å². The third-order valence-electron chi connectivity index (χ3n) is 4.97. The number of azide groups is 1. The Morgan fingerprint density at radius 1 is 1.22 bits per heavy atom. The van der Waals surface area contributed by atoms with Gasteiger partial charge in [-0.1, -0.05) is 38.0 Å². The first-order valence-corrected chi connectivity index (χ1v) is 9.26. The van der Waals surface area contributed by atoms with Crippen molar-refractivity contribution in [3.8, 4) is 0 Å². The molecule has 2 atom stereocenters. The quantitative estimate of drug-likeness (QED) is 0.471. The van der Waals surface area contributed by atoms with E-state index in [0.717, 1.165) is 19.3 Å². The summed E-state index contributed by atoms with van der Waals surface area (Å²) in [6.07, 6.45) is 2.89. The third kappa shape index (κ3) is 2.96. The van der Waals surface area contributed by atoms with Gasteiger partial charge in [0.1, 0.15) is 0 Å². The SMILES string of the molecule is CC1(C)CC2CC(C)(CN2S(=O)(=O)c2ccc(N=[N+]=[N-])cc2)C1. The zero-order chi connectivity index (χ0) is 16.9. The van der Waals surface area contributed by atoms with Crippen molar-refractivity contribution in [3.05, 3.63) is 34.7 Å². The molecule has 2 unspecified atom stereocenters. The molecular weight excluding hydrogens is 312 g/mol. The van der Waals surface area contributed by atoms with E-state index >= 15 is 0 Å². The molecule has 1 aliphatic carbocycles. The number of sulfonamides is 1. The van der Waals surface area contributed by atoms with Gasteiger partial charge in [0, 0.05) is 23.2 Å². The predicted molar refractivity (Wildman–Crippen MR) is 88.7 cm³/mol. The molecule has 23 heavy (non-hydrogen) atoms. The van der Waals surface area contributed by atoms with Crippen LogP contribution >= 0.6 is 0 Å². The Hall–Kier alpha value is -1.56. The van der Waals surface area contributed by atoms with E-state index in [1.54, 1.807) is 16.4 Å². The minimum absolute atomic E-state index is 0.0600. The first-order chi connectivity index (χ1) is 10.7. The van der Waals surface area contributed by atoms with Crippen LogP contribution in [0.2, 0.25) is 0 Å². The van der Waals surface area contributed by atoms with E-state index < -0.39 is 10.0 Å². The van der Waals surface area contributed by atoms with Crippen LogP contribution < -0.4 is 0 Å². The average molecular weight is 334 g/mol. The van der Waals surface area contributed by atoms with Crippen LogP contribution in [-0.2, 0) is 10.0 Å². The fourth-order valence-electron chi connectivity index (χ4n) is 4.56. The van der Waals surface area contributed by atoms with Crippen molar-refractivity contribution < 1.29 is 8.42 Å². The third-order valence-corrected chi connectivity index (χ3v) is 6.88. The summed E-state index contributed by atoms with van der Waals surface area (Å²) in [6.45, 7) is 7.23. The van der Waals surface area contributed by atoms with Crippen molar-refractivity contribution in [1.29, 1.82) is 0 Å². The molecule has 2 aliphatic rings. The van der Waals surface area contributed by atoms with E-state index in [0.29, 0.717) is 12.2 Å². The summed E-state index contributed by atoms with van der Waals surface area (Å²) in [6, 6.07) is 6.20. The minimum Gasteiger partial charge on any atom is -0.207 e. The highest BCUT2D eigenvalue weighted by atomic mass is 32.2. The van der Waals surface area contributed by atoms with Gasteiger partial charge in [-0.15, -0.1) is 0 Å². The Balaban J connectivity index is 1.93. The second-order valence-corrected chi connectivity index (χ2v) is 9.84. The van der Waals surface area contributed by atoms with Crippen LogP contribution in [0, 0.1) is 10.8 Å². The highest BCUT2D eigenvalue weighted by molar-refractivity contribution is 7.89. The molecule has 0 radical (unpaired) electrons. The van der Waals surface area contributed by atoms with Crippen LogP contribution in [0.25, 0.3) is 10.4 Å². The standard InChI is InChI=1S/C16H22N4O2S/c1-15(2)8-13-9-16(3,10-15)11-20(13)23(21,22)14-6-4-12(5-7-14)18-19-17/h4-7,13H,8-11H2,1-3H3. The number of rotatable bonds is 3. The topological polar surface area (TPSA) is 86.1 Å². The average Bonchev–Trinajstić information content (AvgIpc) is 2.69. The van der Waals surface area contributed by atoms with Gasteiger partial charge < -0.3 is 0 Å². The Morgan fingerprint density at radius 3 is 2.48 bits per heavy atom. The molecule has 0 N–H and O–H groups in total. The van der Waals surface area contributed by atoms with Gasteiger partial charge in [-0.25, -0.2) is 8.42 Å². The van der Waals surface area contributed by atoms with E-state index in [1.807, 2.05) is 0 Å². The first kappa shape index (κ1) is 16.3. The minimum atomic E-state index is -3.51. The lowest BCUT2D eigenvalue weighted by Gasteiger charge is -2.39. The Kier molecular flexibility index (Phi) is 3.71. The lowest BCUT2D eigenvalue weighted by Crippen LogP contribution is -2.37. The van der Waals surface area contributed by atoms with E-state index in [2.05, 4.69) is 30.8 Å². The summed E-state index contributed by atoms with van der Waals surface area (Å²) in [5.41, 5.74) is 9.08. The van der Waals surface area contributed by atoms with Gasteiger partial charge in [-0.05, 0) is 47.8 Å². The maximum atomic E-state index is 13.0. The van der Waals surface area contributed by atoms with Gasteiger partial charge in [0.25, 0.3) is 0 Å². The monoisotopic (exact) mass is 334 g/mol. The predicted octanol–water partition coefficient (Wildman–Crippen LogP) is 4.22. The maximum absolute atomic E-state index is 13.0. The van der Waals surface area contributed by atoms with Crippen LogP contribution in [0.3, 0.4) is 0 Å². The number of nitrogens with zero attached hydrogens (tertiary/aromatic N) is 4. The molecule has 1 aromatic carbocycles. The lowest BCUT2D eigenvalue weighted by molar-refractivity contribution is 0.133. The highest BCUT2D eigenvalue weighted by Gasteiger charge is 2.53. The molecular formula is C16H22N4O2S. The fraction of sp³-hybridized carbons (Fsp3) is 0.625. The zero-order valence-electron chi connectivity index (χ0n) is 13.7. The van der Waals surface area contributed by atoms with E-state index in [4.69, 9.17) is 5.53 Å². The zero-order valence-corrected chi connectivity index (χ0v) is 14.5. The highest BCUT2D eigenvalue weighted by Crippen LogP contribution is 2.53. The van der Waals surface area contributed by atoms with Crippen molar-refractivity contribution in [2.45, 2.75) is 51.0 Å². The smallest absolute Gasteiger partial charge is 0.207 e. The summed E-state index contributed by atoms with van der Waals surface area (Å²) in [5, 5.41) is 3.48. The molecule has 1 saturated carbocycles. The first-order valence-electron chi connectivity index (χ1n) is 7.82. The van der Waals surface area contributed by atoms with Crippen LogP contribution in [0.15, 0.2) is 34.3 Å². The molecule has 2 fully saturated rings. The largest absolute Gasteiger partial charge is 0.243 e. The van der Waals surface area contributed by atoms with Crippen molar-refractivity contribution >= 4 is 15.7 Å². The molecule has 0 spiro atoms. The number of fused-ring (bicyclic) bond motifs is 2. The fourth-order valence-corrected chi connectivity index (χ4v) is 6.34. The van der Waals surface area contributed by atoms with E-state index in [9.17, 15) is 8.42 Å². The number of hydrogen-bond acceptors (Lipinski definition) is 3. The van der Waals surface area contributed by atoms with Crippen molar-refractivity contribution in [3.63, 3.8) is 0 Å². The van der Waals surface area contributed by atoms with Gasteiger partial charge in [-0.2, -0.15) is 4.31 Å². The lowest BCUT2D eigenvalue weighted by atomic mass is 9.65. The van der Waals surface area contributed by atoms with E-state index in [-0.39, 0.29) is 21.8 Å². The molecule has 124 valence electrons. The van der Waals surface area contributed by atoms with E-state index in [1.165, 1.54) is 12.1 Å². The summed E-state index contributed by atoms with van der Waals surface area (Å²) in [4.78, 5) is 2.98. The molecule has 1 aromatic rings. The van der Waals surface area contributed by atoms with Gasteiger partial charge in [0.05, 0.1) is 4.90 Å². The normalized spacial score (nSPS) is 30.0. The molecule has 2 bridgehead atoms. The van der Waals surface area contributed by atoms with Crippen LogP contribution in [-0.4, -0.2) is 25.3 Å².